The van der Waals surface area contributed by atoms with Crippen LogP contribution in [0.3, 0.4) is 0 Å². The minimum atomic E-state index is -0.277. The Morgan fingerprint density at radius 2 is 2.12 bits per heavy atom. The zero-order valence-electron chi connectivity index (χ0n) is 11.0. The van der Waals surface area contributed by atoms with Crippen LogP contribution in [0.2, 0.25) is 0 Å². The van der Waals surface area contributed by atoms with Gasteiger partial charge in [-0.15, -0.1) is 0 Å². The van der Waals surface area contributed by atoms with Gasteiger partial charge in [-0.2, -0.15) is 0 Å². The maximum atomic E-state index is 11.0. The molecule has 2 heteroatoms. The number of benzene rings is 1. The number of aryl methyl sites for hydroxylation is 1. The van der Waals surface area contributed by atoms with Gasteiger partial charge in [-0.3, -0.25) is 4.79 Å². The third-order valence-electron chi connectivity index (χ3n) is 2.64. The van der Waals surface area contributed by atoms with Gasteiger partial charge in [-0.1, -0.05) is 26.3 Å². The number of carbonyl (C=O) groups excluding carboxylic acids is 1. The molecule has 0 spiro atoms. The van der Waals surface area contributed by atoms with Crippen LogP contribution in [-0.4, -0.2) is 5.97 Å². The molecular formula is C15H21O2. The Kier molecular flexibility index (Phi) is 5.20. The van der Waals surface area contributed by atoms with Gasteiger partial charge in [0, 0.05) is 6.92 Å². The second-order valence-corrected chi connectivity index (χ2v) is 4.51. The van der Waals surface area contributed by atoms with E-state index in [9.17, 15) is 4.79 Å². The van der Waals surface area contributed by atoms with Crippen LogP contribution in [0.25, 0.3) is 0 Å². The van der Waals surface area contributed by atoms with Crippen molar-refractivity contribution in [1.82, 2.24) is 0 Å². The predicted molar refractivity (Wildman–Crippen MR) is 70.1 cm³/mol. The molecule has 0 aliphatic carbocycles. The fourth-order valence-electron chi connectivity index (χ4n) is 1.72. The number of carbonyl (C=O) groups is 1. The Bertz CT molecular complexity index is 381. The number of unbranched alkanes of at least 4 members (excludes halogenated alkanes) is 1. The summed E-state index contributed by atoms with van der Waals surface area (Å²) in [5.74, 6) is 0.558. The lowest BCUT2D eigenvalue weighted by molar-refractivity contribution is -0.131. The molecule has 0 saturated heterocycles. The number of rotatable bonds is 5. The molecule has 0 N–H and O–H groups in total. The van der Waals surface area contributed by atoms with Gasteiger partial charge in [0.1, 0.15) is 5.75 Å². The van der Waals surface area contributed by atoms with Crippen LogP contribution in [0, 0.1) is 6.92 Å². The maximum absolute atomic E-state index is 11.0. The van der Waals surface area contributed by atoms with Gasteiger partial charge in [0.2, 0.25) is 0 Å². The van der Waals surface area contributed by atoms with Gasteiger partial charge in [0.15, 0.2) is 0 Å². The standard InChI is InChI=1S/C15H21O2/c1-5-6-7-13-8-14(11(2)3)10-15(9-13)17-12(4)16/h8-11H,2,5-7H2,1,3-4H3. The fourth-order valence-corrected chi connectivity index (χ4v) is 1.72. The molecule has 93 valence electrons. The summed E-state index contributed by atoms with van der Waals surface area (Å²) < 4.78 is 5.16. The highest BCUT2D eigenvalue weighted by Crippen LogP contribution is 2.24. The molecule has 0 amide bonds. The molecule has 0 aromatic heterocycles. The van der Waals surface area contributed by atoms with Crippen LogP contribution in [0.15, 0.2) is 18.2 Å². The summed E-state index contributed by atoms with van der Waals surface area (Å²) in [5.41, 5.74) is 2.34. The van der Waals surface area contributed by atoms with Crippen molar-refractivity contribution in [3.05, 3.63) is 36.2 Å². The summed E-state index contributed by atoms with van der Waals surface area (Å²) in [5, 5.41) is 0. The predicted octanol–water partition coefficient (Wildman–Crippen LogP) is 3.89. The minimum Gasteiger partial charge on any atom is -0.427 e. The van der Waals surface area contributed by atoms with Crippen LogP contribution < -0.4 is 4.74 Å². The summed E-state index contributed by atoms with van der Waals surface area (Å²) in [7, 11) is 0. The van der Waals surface area contributed by atoms with Crippen LogP contribution in [0.4, 0.5) is 0 Å². The summed E-state index contributed by atoms with van der Waals surface area (Å²) in [6.45, 7) is 9.64. The third-order valence-corrected chi connectivity index (χ3v) is 2.64. The van der Waals surface area contributed by atoms with Crippen molar-refractivity contribution in [1.29, 1.82) is 0 Å². The molecule has 2 nitrogen and oxygen atoms in total. The van der Waals surface area contributed by atoms with E-state index in [0.717, 1.165) is 24.8 Å². The van der Waals surface area contributed by atoms with Crippen molar-refractivity contribution in [3.8, 4) is 5.75 Å². The molecule has 0 bridgehead atoms. The summed E-state index contributed by atoms with van der Waals surface area (Å²) in [6, 6.07) is 6.00. The van der Waals surface area contributed by atoms with E-state index in [-0.39, 0.29) is 11.9 Å². The third kappa shape index (κ3) is 4.59. The van der Waals surface area contributed by atoms with Crippen LogP contribution in [0.1, 0.15) is 50.7 Å². The van der Waals surface area contributed by atoms with Crippen molar-refractivity contribution in [2.75, 3.05) is 0 Å². The van der Waals surface area contributed by atoms with Gasteiger partial charge in [-0.05, 0) is 48.9 Å². The first-order valence-corrected chi connectivity index (χ1v) is 6.18. The van der Waals surface area contributed by atoms with Gasteiger partial charge in [-0.25, -0.2) is 0 Å². The molecule has 0 fully saturated rings. The van der Waals surface area contributed by atoms with Crippen molar-refractivity contribution in [2.24, 2.45) is 0 Å². The largest absolute Gasteiger partial charge is 0.427 e. The Labute approximate surface area is 104 Å². The molecule has 0 aliphatic heterocycles. The lowest BCUT2D eigenvalue weighted by Crippen LogP contribution is -2.03. The molecule has 17 heavy (non-hydrogen) atoms. The Morgan fingerprint density at radius 3 is 2.65 bits per heavy atom. The van der Waals surface area contributed by atoms with Crippen molar-refractivity contribution < 1.29 is 9.53 Å². The van der Waals surface area contributed by atoms with Crippen LogP contribution in [0.5, 0.6) is 5.75 Å². The smallest absolute Gasteiger partial charge is 0.308 e. The topological polar surface area (TPSA) is 26.3 Å². The van der Waals surface area contributed by atoms with E-state index in [1.165, 1.54) is 12.5 Å². The highest BCUT2D eigenvalue weighted by Gasteiger charge is 2.07. The van der Waals surface area contributed by atoms with E-state index in [1.54, 1.807) is 0 Å². The Morgan fingerprint density at radius 1 is 1.41 bits per heavy atom. The lowest BCUT2D eigenvalue weighted by atomic mass is 9.98. The second kappa shape index (κ2) is 6.43. The summed E-state index contributed by atoms with van der Waals surface area (Å²) >= 11 is 0. The molecule has 1 aromatic carbocycles. The van der Waals surface area contributed by atoms with Crippen molar-refractivity contribution >= 4 is 5.97 Å². The Hall–Kier alpha value is -1.31. The molecule has 1 rings (SSSR count). The number of ether oxygens (including phenoxy) is 1. The molecule has 1 unspecified atom stereocenters. The zero-order valence-corrected chi connectivity index (χ0v) is 11.0. The first-order valence-electron chi connectivity index (χ1n) is 6.18. The van der Waals surface area contributed by atoms with E-state index in [0.29, 0.717) is 5.75 Å². The van der Waals surface area contributed by atoms with Crippen molar-refractivity contribution in [3.63, 3.8) is 0 Å². The summed E-state index contributed by atoms with van der Waals surface area (Å²) in [6.07, 6.45) is 3.33. The van der Waals surface area contributed by atoms with Crippen LogP contribution in [-0.2, 0) is 11.2 Å². The maximum Gasteiger partial charge on any atom is 0.308 e. The lowest BCUT2D eigenvalue weighted by Gasteiger charge is -2.11. The molecule has 0 heterocycles. The number of hydrogen-bond acceptors (Lipinski definition) is 2. The molecule has 1 aromatic rings. The number of esters is 1. The van der Waals surface area contributed by atoms with Gasteiger partial charge in [0.05, 0.1) is 0 Å². The zero-order chi connectivity index (χ0) is 12.8. The molecule has 1 radical (unpaired) electrons. The Balaban J connectivity index is 2.96. The van der Waals surface area contributed by atoms with Gasteiger partial charge < -0.3 is 4.74 Å². The van der Waals surface area contributed by atoms with E-state index in [2.05, 4.69) is 19.9 Å². The average Bonchev–Trinajstić information content (AvgIpc) is 2.25. The highest BCUT2D eigenvalue weighted by molar-refractivity contribution is 5.69. The normalized spacial score (nSPS) is 10.6. The molecular weight excluding hydrogens is 212 g/mol. The van der Waals surface area contributed by atoms with Gasteiger partial charge >= 0.3 is 5.97 Å². The number of hydrogen-bond donors (Lipinski definition) is 0. The minimum absolute atomic E-state index is 0.200. The quantitative estimate of drug-likeness (QED) is 0.569. The fraction of sp³-hybridized carbons (Fsp3) is 0.467. The molecule has 1 atom stereocenters. The van der Waals surface area contributed by atoms with E-state index in [1.807, 2.05) is 19.1 Å². The first-order chi connectivity index (χ1) is 8.02. The van der Waals surface area contributed by atoms with Crippen molar-refractivity contribution in [2.45, 2.75) is 46.0 Å². The van der Waals surface area contributed by atoms with E-state index < -0.39 is 0 Å². The highest BCUT2D eigenvalue weighted by atomic mass is 16.5. The van der Waals surface area contributed by atoms with E-state index in [4.69, 9.17) is 4.74 Å². The van der Waals surface area contributed by atoms with Crippen LogP contribution >= 0.6 is 0 Å². The molecule has 0 aliphatic rings. The van der Waals surface area contributed by atoms with Gasteiger partial charge in [0.25, 0.3) is 0 Å². The monoisotopic (exact) mass is 233 g/mol. The first kappa shape index (κ1) is 13.8. The SMILES string of the molecule is [CH2]C(C)c1cc(CCCC)cc(OC(C)=O)c1. The second-order valence-electron chi connectivity index (χ2n) is 4.51. The molecule has 0 saturated carbocycles. The summed E-state index contributed by atoms with van der Waals surface area (Å²) in [4.78, 5) is 11.0. The van der Waals surface area contributed by atoms with E-state index >= 15 is 0 Å². The average molecular weight is 233 g/mol.